The lowest BCUT2D eigenvalue weighted by atomic mass is 10.0. The van der Waals surface area contributed by atoms with E-state index in [1.807, 2.05) is 61.5 Å². The van der Waals surface area contributed by atoms with Gasteiger partial charge < -0.3 is 4.74 Å². The van der Waals surface area contributed by atoms with Crippen LogP contribution < -0.4 is 4.74 Å². The first-order valence-corrected chi connectivity index (χ1v) is 11.0. The van der Waals surface area contributed by atoms with E-state index in [-0.39, 0.29) is 11.9 Å². The molecule has 3 aromatic rings. The number of para-hydroxylation sites is 1. The van der Waals surface area contributed by atoms with E-state index in [0.29, 0.717) is 11.4 Å². The molecule has 0 saturated carbocycles. The van der Waals surface area contributed by atoms with Crippen LogP contribution in [0.2, 0.25) is 0 Å². The Morgan fingerprint density at radius 2 is 1.77 bits per heavy atom. The molecule has 4 heteroatoms. The highest BCUT2D eigenvalue weighted by atomic mass is 16.5. The van der Waals surface area contributed by atoms with Gasteiger partial charge in [-0.2, -0.15) is 5.10 Å². The number of unbranched alkanes of at least 4 members (excludes halogenated alkanes) is 3. The van der Waals surface area contributed by atoms with Gasteiger partial charge in [0, 0.05) is 6.07 Å². The van der Waals surface area contributed by atoms with E-state index in [4.69, 9.17) is 4.74 Å². The van der Waals surface area contributed by atoms with Gasteiger partial charge in [0.05, 0.1) is 16.9 Å². The third-order valence-electron chi connectivity index (χ3n) is 5.34. The van der Waals surface area contributed by atoms with Crippen molar-refractivity contribution >= 4 is 5.97 Å². The van der Waals surface area contributed by atoms with Gasteiger partial charge in [0.25, 0.3) is 0 Å². The molecule has 0 bridgehead atoms. The average Bonchev–Trinajstić information content (AvgIpc) is 3.16. The summed E-state index contributed by atoms with van der Waals surface area (Å²) < 4.78 is 7.51. The van der Waals surface area contributed by atoms with Crippen molar-refractivity contribution in [1.29, 1.82) is 0 Å². The van der Waals surface area contributed by atoms with Crippen LogP contribution in [0.4, 0.5) is 0 Å². The molecular weight excluding hydrogens is 372 g/mol. The van der Waals surface area contributed by atoms with Crippen LogP contribution >= 0.6 is 0 Å². The molecule has 3 rings (SSSR count). The number of ether oxygens (including phenoxy) is 1. The lowest BCUT2D eigenvalue weighted by Crippen LogP contribution is -2.12. The van der Waals surface area contributed by atoms with E-state index in [1.165, 1.54) is 31.2 Å². The molecule has 30 heavy (non-hydrogen) atoms. The average molecular weight is 405 g/mol. The quantitative estimate of drug-likeness (QED) is 0.296. The van der Waals surface area contributed by atoms with Gasteiger partial charge in [0.15, 0.2) is 0 Å². The van der Waals surface area contributed by atoms with Crippen molar-refractivity contribution in [2.45, 2.75) is 65.7 Å². The molecule has 0 aliphatic carbocycles. The molecule has 1 aromatic heterocycles. The number of benzene rings is 2. The second kappa shape index (κ2) is 10.2. The summed E-state index contributed by atoms with van der Waals surface area (Å²) in [6.45, 7) is 8.40. The van der Waals surface area contributed by atoms with Crippen LogP contribution in [0.5, 0.6) is 5.88 Å². The Kier molecular flexibility index (Phi) is 7.45. The molecule has 0 atom stereocenters. The van der Waals surface area contributed by atoms with E-state index >= 15 is 0 Å². The third kappa shape index (κ3) is 5.38. The zero-order valence-corrected chi connectivity index (χ0v) is 18.5. The van der Waals surface area contributed by atoms with Crippen molar-refractivity contribution in [1.82, 2.24) is 9.78 Å². The van der Waals surface area contributed by atoms with Crippen LogP contribution in [0.3, 0.4) is 0 Å². The maximum absolute atomic E-state index is 12.8. The van der Waals surface area contributed by atoms with Crippen LogP contribution in [0.15, 0.2) is 54.6 Å². The summed E-state index contributed by atoms with van der Waals surface area (Å²) in [7, 11) is 0. The Labute approximate surface area is 179 Å². The number of nitrogens with zero attached hydrogens (tertiary/aromatic N) is 2. The minimum absolute atomic E-state index is 0.236. The molecular formula is C26H32N2O2. The van der Waals surface area contributed by atoms with Crippen molar-refractivity contribution < 1.29 is 9.53 Å². The topological polar surface area (TPSA) is 44.1 Å². The molecule has 0 radical (unpaired) electrons. The van der Waals surface area contributed by atoms with Crippen LogP contribution in [0, 0.1) is 6.92 Å². The number of esters is 1. The monoisotopic (exact) mass is 404 g/mol. The van der Waals surface area contributed by atoms with Gasteiger partial charge in [0.1, 0.15) is 0 Å². The summed E-state index contributed by atoms with van der Waals surface area (Å²) in [6, 6.07) is 17.6. The summed E-state index contributed by atoms with van der Waals surface area (Å²) in [5, 5.41) is 4.69. The predicted molar refractivity (Wildman–Crippen MR) is 122 cm³/mol. The number of carbonyl (C=O) groups is 1. The largest absolute Gasteiger partial charge is 0.404 e. The second-order valence-corrected chi connectivity index (χ2v) is 8.16. The molecule has 0 amide bonds. The van der Waals surface area contributed by atoms with Crippen molar-refractivity contribution in [2.75, 3.05) is 0 Å². The predicted octanol–water partition coefficient (Wildman–Crippen LogP) is 6.65. The zero-order chi connectivity index (χ0) is 21.5. The molecule has 0 fully saturated rings. The Balaban J connectivity index is 1.77. The van der Waals surface area contributed by atoms with Crippen LogP contribution in [-0.4, -0.2) is 15.7 Å². The first-order chi connectivity index (χ1) is 14.5. The van der Waals surface area contributed by atoms with Crippen molar-refractivity contribution in [3.05, 3.63) is 77.0 Å². The first kappa shape index (κ1) is 21.8. The molecule has 0 aliphatic rings. The molecule has 0 aliphatic heterocycles. The van der Waals surface area contributed by atoms with Crippen LogP contribution in [0.25, 0.3) is 5.69 Å². The summed E-state index contributed by atoms with van der Waals surface area (Å²) in [5.74, 6) is 0.318. The lowest BCUT2D eigenvalue weighted by Gasteiger charge is -2.10. The fourth-order valence-corrected chi connectivity index (χ4v) is 3.43. The Bertz CT molecular complexity index is 971. The lowest BCUT2D eigenvalue weighted by molar-refractivity contribution is 0.0723. The summed E-state index contributed by atoms with van der Waals surface area (Å²) in [6.07, 6.45) is 6.00. The van der Waals surface area contributed by atoms with Gasteiger partial charge in [-0.1, -0.05) is 70.4 Å². The van der Waals surface area contributed by atoms with Gasteiger partial charge in [-0.05, 0) is 55.0 Å². The number of rotatable bonds is 9. The molecule has 0 unspecified atom stereocenters. The first-order valence-electron chi connectivity index (χ1n) is 11.0. The minimum atomic E-state index is -0.363. The van der Waals surface area contributed by atoms with E-state index in [1.54, 1.807) is 4.68 Å². The molecule has 0 saturated heterocycles. The highest BCUT2D eigenvalue weighted by Gasteiger charge is 2.18. The Morgan fingerprint density at radius 3 is 2.43 bits per heavy atom. The fourth-order valence-electron chi connectivity index (χ4n) is 3.43. The highest BCUT2D eigenvalue weighted by molar-refractivity contribution is 5.91. The van der Waals surface area contributed by atoms with Gasteiger partial charge in [-0.3, -0.25) is 0 Å². The van der Waals surface area contributed by atoms with Crippen LogP contribution in [0.1, 0.15) is 79.6 Å². The number of hydrogen-bond donors (Lipinski definition) is 0. The van der Waals surface area contributed by atoms with E-state index in [0.717, 1.165) is 23.4 Å². The maximum Gasteiger partial charge on any atom is 0.344 e. The highest BCUT2D eigenvalue weighted by Crippen LogP contribution is 2.26. The second-order valence-electron chi connectivity index (χ2n) is 8.16. The van der Waals surface area contributed by atoms with Gasteiger partial charge in [0.2, 0.25) is 5.88 Å². The van der Waals surface area contributed by atoms with E-state index < -0.39 is 0 Å². The fraction of sp³-hybridized carbons (Fsp3) is 0.385. The maximum atomic E-state index is 12.8. The summed E-state index contributed by atoms with van der Waals surface area (Å²) >= 11 is 0. The number of aryl methyl sites for hydroxylation is 2. The summed E-state index contributed by atoms with van der Waals surface area (Å²) in [4.78, 5) is 12.8. The van der Waals surface area contributed by atoms with Crippen LogP contribution in [-0.2, 0) is 6.42 Å². The van der Waals surface area contributed by atoms with Gasteiger partial charge in [-0.25, -0.2) is 9.48 Å². The van der Waals surface area contributed by atoms with Gasteiger partial charge in [-0.15, -0.1) is 0 Å². The van der Waals surface area contributed by atoms with Crippen molar-refractivity contribution in [3.8, 4) is 11.6 Å². The van der Waals surface area contributed by atoms with Gasteiger partial charge >= 0.3 is 5.97 Å². The Morgan fingerprint density at radius 1 is 1.03 bits per heavy atom. The van der Waals surface area contributed by atoms with E-state index in [9.17, 15) is 4.79 Å². The third-order valence-corrected chi connectivity index (χ3v) is 5.34. The number of carbonyl (C=O) groups excluding carboxylic acids is 1. The standard InChI is InChI=1S/C26H32N2O2/c1-5-6-7-8-12-21-14-16-22(17-15-21)26(29)30-25-18-23(19(2)3)27-28(25)24-13-10-9-11-20(24)4/h9-11,13-19H,5-8,12H2,1-4H3. The zero-order valence-electron chi connectivity index (χ0n) is 18.5. The number of hydrogen-bond acceptors (Lipinski definition) is 3. The molecule has 1 heterocycles. The Hall–Kier alpha value is -2.88. The SMILES string of the molecule is CCCCCCc1ccc(C(=O)Oc2cc(C(C)C)nn2-c2ccccc2C)cc1. The van der Waals surface area contributed by atoms with Crippen molar-refractivity contribution in [2.24, 2.45) is 0 Å². The molecule has 0 N–H and O–H groups in total. The van der Waals surface area contributed by atoms with Crippen molar-refractivity contribution in [3.63, 3.8) is 0 Å². The number of aromatic nitrogens is 2. The summed E-state index contributed by atoms with van der Waals surface area (Å²) in [5.41, 5.74) is 4.68. The normalized spacial score (nSPS) is 11.1. The molecule has 2 aromatic carbocycles. The van der Waals surface area contributed by atoms with E-state index in [2.05, 4.69) is 25.9 Å². The minimum Gasteiger partial charge on any atom is -0.404 e. The molecule has 0 spiro atoms. The molecule has 4 nitrogen and oxygen atoms in total. The molecule has 158 valence electrons. The smallest absolute Gasteiger partial charge is 0.344 e.